The Kier molecular flexibility index (Phi) is 4.69. The minimum atomic E-state index is -0.234. The molecule has 1 heterocycles. The Hall–Kier alpha value is -0.970. The highest BCUT2D eigenvalue weighted by molar-refractivity contribution is 9.10. The molecule has 0 aliphatic heterocycles. The van der Waals surface area contributed by atoms with E-state index in [9.17, 15) is 4.79 Å². The van der Waals surface area contributed by atoms with E-state index in [1.807, 2.05) is 41.8 Å². The number of ketones is 1. The Morgan fingerprint density at radius 1 is 1.33 bits per heavy atom. The second-order valence-electron chi connectivity index (χ2n) is 3.90. The largest absolute Gasteiger partial charge is 0.384 e. The van der Waals surface area contributed by atoms with E-state index in [2.05, 4.69) is 15.9 Å². The fraction of sp³-hybridized carbons (Fsp3) is 0.214. The molecule has 1 aromatic heterocycles. The zero-order chi connectivity index (χ0) is 13.0. The van der Waals surface area contributed by atoms with E-state index in [1.54, 1.807) is 7.11 Å². The van der Waals surface area contributed by atoms with Gasteiger partial charge in [-0.3, -0.25) is 4.79 Å². The van der Waals surface area contributed by atoms with Crippen molar-refractivity contribution in [1.29, 1.82) is 0 Å². The number of ether oxygens (including phenoxy) is 1. The van der Waals surface area contributed by atoms with E-state index >= 15 is 0 Å². The van der Waals surface area contributed by atoms with Crippen LogP contribution in [0.1, 0.15) is 21.2 Å². The highest BCUT2D eigenvalue weighted by Gasteiger charge is 2.22. The second-order valence-corrected chi connectivity index (χ2v) is 5.76. The van der Waals surface area contributed by atoms with Gasteiger partial charge in [0.15, 0.2) is 5.78 Å². The number of hydrogen-bond donors (Lipinski definition) is 0. The van der Waals surface area contributed by atoms with Crippen molar-refractivity contribution < 1.29 is 9.53 Å². The van der Waals surface area contributed by atoms with Crippen LogP contribution in [-0.4, -0.2) is 19.5 Å². The number of thiophene rings is 1. The van der Waals surface area contributed by atoms with Crippen LogP contribution in [-0.2, 0) is 4.74 Å². The highest BCUT2D eigenvalue weighted by Crippen LogP contribution is 2.25. The molecule has 94 valence electrons. The van der Waals surface area contributed by atoms with Crippen molar-refractivity contribution >= 4 is 33.0 Å². The molecule has 1 unspecified atom stereocenters. The highest BCUT2D eigenvalue weighted by atomic mass is 79.9. The molecule has 0 aliphatic rings. The van der Waals surface area contributed by atoms with E-state index < -0.39 is 0 Å². The van der Waals surface area contributed by atoms with Crippen LogP contribution >= 0.6 is 27.3 Å². The van der Waals surface area contributed by atoms with Crippen LogP contribution in [0, 0.1) is 0 Å². The monoisotopic (exact) mass is 324 g/mol. The number of hydrogen-bond acceptors (Lipinski definition) is 3. The van der Waals surface area contributed by atoms with Crippen LogP contribution in [0.5, 0.6) is 0 Å². The fourth-order valence-corrected chi connectivity index (χ4v) is 2.76. The summed E-state index contributed by atoms with van der Waals surface area (Å²) < 4.78 is 6.19. The van der Waals surface area contributed by atoms with Gasteiger partial charge in [0.2, 0.25) is 0 Å². The molecule has 18 heavy (non-hydrogen) atoms. The first-order valence-corrected chi connectivity index (χ1v) is 7.21. The van der Waals surface area contributed by atoms with E-state index in [0.717, 1.165) is 14.9 Å². The Morgan fingerprint density at radius 2 is 2.06 bits per heavy atom. The van der Waals surface area contributed by atoms with Crippen LogP contribution in [0.15, 0.2) is 46.3 Å². The van der Waals surface area contributed by atoms with E-state index in [0.29, 0.717) is 6.61 Å². The molecule has 1 atom stereocenters. The Balaban J connectivity index is 2.28. The normalized spacial score (nSPS) is 12.3. The van der Waals surface area contributed by atoms with E-state index in [1.165, 1.54) is 11.3 Å². The van der Waals surface area contributed by atoms with Crippen LogP contribution in [0.4, 0.5) is 0 Å². The minimum Gasteiger partial charge on any atom is -0.384 e. The maximum atomic E-state index is 12.4. The van der Waals surface area contributed by atoms with Crippen LogP contribution in [0.25, 0.3) is 0 Å². The van der Waals surface area contributed by atoms with Gasteiger partial charge in [0.1, 0.15) is 0 Å². The van der Waals surface area contributed by atoms with Gasteiger partial charge in [0, 0.05) is 11.6 Å². The fourth-order valence-electron chi connectivity index (χ4n) is 1.78. The van der Waals surface area contributed by atoms with Gasteiger partial charge in [0.25, 0.3) is 0 Å². The molecule has 2 aromatic rings. The zero-order valence-corrected chi connectivity index (χ0v) is 12.3. The van der Waals surface area contributed by atoms with E-state index in [4.69, 9.17) is 4.74 Å². The van der Waals surface area contributed by atoms with Crippen molar-refractivity contribution in [3.63, 3.8) is 0 Å². The number of benzene rings is 1. The molecule has 0 N–H and O–H groups in total. The summed E-state index contributed by atoms with van der Waals surface area (Å²) in [6.07, 6.45) is 0. The van der Waals surface area contributed by atoms with Gasteiger partial charge < -0.3 is 4.74 Å². The van der Waals surface area contributed by atoms with Crippen LogP contribution in [0.2, 0.25) is 0 Å². The standard InChI is InChI=1S/C14H13BrO2S/c1-17-9-12(10-4-6-11(15)7-5-10)14(16)13-3-2-8-18-13/h2-8,12H,9H2,1H3. The van der Waals surface area contributed by atoms with Gasteiger partial charge in [0.05, 0.1) is 17.4 Å². The summed E-state index contributed by atoms with van der Waals surface area (Å²) in [5, 5.41) is 1.92. The molecule has 0 aliphatic carbocycles. The predicted octanol–water partition coefficient (Wildman–Crippen LogP) is 4.12. The second kappa shape index (κ2) is 6.27. The molecular weight excluding hydrogens is 312 g/mol. The Bertz CT molecular complexity index is 505. The number of halogens is 1. The Morgan fingerprint density at radius 3 is 2.61 bits per heavy atom. The molecule has 0 saturated carbocycles. The maximum Gasteiger partial charge on any atom is 0.182 e. The first-order chi connectivity index (χ1) is 8.72. The van der Waals surface area contributed by atoms with Crippen molar-refractivity contribution in [3.05, 3.63) is 56.7 Å². The number of rotatable bonds is 5. The van der Waals surface area contributed by atoms with Gasteiger partial charge in [-0.2, -0.15) is 0 Å². The minimum absolute atomic E-state index is 0.120. The summed E-state index contributed by atoms with van der Waals surface area (Å²) in [6.45, 7) is 0.401. The van der Waals surface area contributed by atoms with Gasteiger partial charge in [-0.15, -0.1) is 11.3 Å². The molecule has 0 bridgehead atoms. The first-order valence-electron chi connectivity index (χ1n) is 5.54. The molecule has 4 heteroatoms. The quantitative estimate of drug-likeness (QED) is 0.773. The third-order valence-electron chi connectivity index (χ3n) is 2.69. The molecule has 0 saturated heterocycles. The van der Waals surface area contributed by atoms with Gasteiger partial charge in [-0.1, -0.05) is 34.1 Å². The Labute approximate surface area is 119 Å². The maximum absolute atomic E-state index is 12.4. The summed E-state index contributed by atoms with van der Waals surface area (Å²) in [5.41, 5.74) is 0.985. The average molecular weight is 325 g/mol. The van der Waals surface area contributed by atoms with Crippen LogP contribution in [0.3, 0.4) is 0 Å². The number of Topliss-reactive ketones (excluding diaryl/α,β-unsaturated/α-hetero) is 1. The molecule has 0 spiro atoms. The molecule has 2 rings (SSSR count). The lowest BCUT2D eigenvalue weighted by Crippen LogP contribution is -2.17. The smallest absolute Gasteiger partial charge is 0.182 e. The molecule has 0 fully saturated rings. The number of carbonyl (C=O) groups is 1. The third-order valence-corrected chi connectivity index (χ3v) is 4.10. The summed E-state index contributed by atoms with van der Waals surface area (Å²) in [6, 6.07) is 11.6. The molecule has 1 aromatic carbocycles. The molecule has 0 radical (unpaired) electrons. The van der Waals surface area contributed by atoms with E-state index in [-0.39, 0.29) is 11.7 Å². The van der Waals surface area contributed by atoms with Gasteiger partial charge in [-0.05, 0) is 29.1 Å². The first kappa shape index (κ1) is 13.5. The molecular formula is C14H13BrO2S. The lowest BCUT2D eigenvalue weighted by Gasteiger charge is -2.14. The number of methoxy groups -OCH3 is 1. The number of carbonyl (C=O) groups excluding carboxylic acids is 1. The summed E-state index contributed by atoms with van der Waals surface area (Å²) in [4.78, 5) is 13.2. The van der Waals surface area contributed by atoms with Crippen molar-refractivity contribution in [2.24, 2.45) is 0 Å². The van der Waals surface area contributed by atoms with Crippen molar-refractivity contribution in [2.45, 2.75) is 5.92 Å². The zero-order valence-electron chi connectivity index (χ0n) is 9.93. The lowest BCUT2D eigenvalue weighted by molar-refractivity contribution is 0.0892. The average Bonchev–Trinajstić information content (AvgIpc) is 2.90. The van der Waals surface area contributed by atoms with Gasteiger partial charge in [-0.25, -0.2) is 0 Å². The topological polar surface area (TPSA) is 26.3 Å². The molecule has 0 amide bonds. The summed E-state index contributed by atoms with van der Waals surface area (Å²) >= 11 is 4.86. The van der Waals surface area contributed by atoms with Crippen molar-refractivity contribution in [2.75, 3.05) is 13.7 Å². The third kappa shape index (κ3) is 3.07. The van der Waals surface area contributed by atoms with Crippen LogP contribution < -0.4 is 0 Å². The van der Waals surface area contributed by atoms with Gasteiger partial charge >= 0.3 is 0 Å². The molecule has 2 nitrogen and oxygen atoms in total. The summed E-state index contributed by atoms with van der Waals surface area (Å²) in [5.74, 6) is -0.115. The predicted molar refractivity (Wildman–Crippen MR) is 77.4 cm³/mol. The lowest BCUT2D eigenvalue weighted by atomic mass is 9.94. The SMILES string of the molecule is COCC(C(=O)c1cccs1)c1ccc(Br)cc1. The van der Waals surface area contributed by atoms with Crippen molar-refractivity contribution in [3.8, 4) is 0 Å². The van der Waals surface area contributed by atoms with Crippen molar-refractivity contribution in [1.82, 2.24) is 0 Å². The summed E-state index contributed by atoms with van der Waals surface area (Å²) in [7, 11) is 1.62.